The van der Waals surface area contributed by atoms with Crippen LogP contribution in [-0.4, -0.2) is 55.6 Å². The number of likely N-dealkylation sites (tertiary alicyclic amines) is 1. The molecule has 1 aliphatic heterocycles. The minimum absolute atomic E-state index is 0.0568. The van der Waals surface area contributed by atoms with E-state index >= 15 is 0 Å². The van der Waals surface area contributed by atoms with Crippen LogP contribution in [-0.2, 0) is 14.3 Å². The first-order chi connectivity index (χ1) is 9.63. The van der Waals surface area contributed by atoms with Gasteiger partial charge in [0.15, 0.2) is 0 Å². The summed E-state index contributed by atoms with van der Waals surface area (Å²) in [5.41, 5.74) is 5.80. The second-order valence-corrected chi connectivity index (χ2v) is 5.12. The quantitative estimate of drug-likeness (QED) is 0.627. The standard InChI is InChI=1S/C14H27N3O3/c1-2-20-11-3-8-16-13(18)4-5-14(19)17-9-6-12(15)7-10-17/h12H,2-11,15H2,1H3,(H,16,18). The molecular weight excluding hydrogens is 258 g/mol. The zero-order chi connectivity index (χ0) is 14.8. The molecule has 0 aromatic carbocycles. The van der Waals surface area contributed by atoms with Crippen LogP contribution in [0.3, 0.4) is 0 Å². The number of amides is 2. The van der Waals surface area contributed by atoms with E-state index in [9.17, 15) is 9.59 Å². The van der Waals surface area contributed by atoms with Crippen molar-refractivity contribution in [1.29, 1.82) is 0 Å². The fraction of sp³-hybridized carbons (Fsp3) is 0.857. The van der Waals surface area contributed by atoms with Crippen LogP contribution in [0.1, 0.15) is 39.0 Å². The Labute approximate surface area is 121 Å². The van der Waals surface area contributed by atoms with Gasteiger partial charge in [0.05, 0.1) is 0 Å². The number of nitrogens with two attached hydrogens (primary N) is 1. The Kier molecular flexibility index (Phi) is 8.22. The Morgan fingerprint density at radius 1 is 1.30 bits per heavy atom. The number of rotatable bonds is 8. The monoisotopic (exact) mass is 285 g/mol. The van der Waals surface area contributed by atoms with Crippen molar-refractivity contribution in [3.63, 3.8) is 0 Å². The first-order valence-corrected chi connectivity index (χ1v) is 7.51. The van der Waals surface area contributed by atoms with Crippen LogP contribution in [0.15, 0.2) is 0 Å². The molecule has 0 aliphatic carbocycles. The van der Waals surface area contributed by atoms with Gasteiger partial charge in [0.25, 0.3) is 0 Å². The summed E-state index contributed by atoms with van der Waals surface area (Å²) >= 11 is 0. The van der Waals surface area contributed by atoms with Crippen LogP contribution >= 0.6 is 0 Å². The van der Waals surface area contributed by atoms with E-state index in [0.717, 1.165) is 32.4 Å². The number of hydrogen-bond acceptors (Lipinski definition) is 4. The van der Waals surface area contributed by atoms with Crippen LogP contribution in [0, 0.1) is 0 Å². The molecule has 1 saturated heterocycles. The molecule has 1 fully saturated rings. The molecule has 2 amide bonds. The average molecular weight is 285 g/mol. The number of carbonyl (C=O) groups excluding carboxylic acids is 2. The van der Waals surface area contributed by atoms with Crippen molar-refractivity contribution in [3.8, 4) is 0 Å². The summed E-state index contributed by atoms with van der Waals surface area (Å²) in [5.74, 6) is -0.00933. The molecule has 6 nitrogen and oxygen atoms in total. The zero-order valence-electron chi connectivity index (χ0n) is 12.4. The molecule has 3 N–H and O–H groups in total. The highest BCUT2D eigenvalue weighted by Gasteiger charge is 2.20. The molecule has 0 unspecified atom stereocenters. The lowest BCUT2D eigenvalue weighted by atomic mass is 10.1. The maximum Gasteiger partial charge on any atom is 0.223 e. The molecule has 0 bridgehead atoms. The Morgan fingerprint density at radius 2 is 2.00 bits per heavy atom. The minimum Gasteiger partial charge on any atom is -0.382 e. The molecule has 0 spiro atoms. The first-order valence-electron chi connectivity index (χ1n) is 7.51. The molecule has 0 saturated carbocycles. The SMILES string of the molecule is CCOCCCNC(=O)CCC(=O)N1CCC(N)CC1. The van der Waals surface area contributed by atoms with Gasteiger partial charge in [-0.15, -0.1) is 0 Å². The lowest BCUT2D eigenvalue weighted by Crippen LogP contribution is -2.43. The van der Waals surface area contributed by atoms with Crippen LogP contribution in [0.5, 0.6) is 0 Å². The summed E-state index contributed by atoms with van der Waals surface area (Å²) in [6, 6.07) is 0.215. The lowest BCUT2D eigenvalue weighted by Gasteiger charge is -2.30. The van der Waals surface area contributed by atoms with E-state index in [-0.39, 0.29) is 30.7 Å². The van der Waals surface area contributed by atoms with Gasteiger partial charge in [-0.1, -0.05) is 0 Å². The molecule has 1 rings (SSSR count). The van der Waals surface area contributed by atoms with Gasteiger partial charge in [0, 0.05) is 51.7 Å². The van der Waals surface area contributed by atoms with E-state index < -0.39 is 0 Å². The second kappa shape index (κ2) is 9.72. The smallest absolute Gasteiger partial charge is 0.223 e. The Hall–Kier alpha value is -1.14. The fourth-order valence-corrected chi connectivity index (χ4v) is 2.16. The van der Waals surface area contributed by atoms with Gasteiger partial charge in [-0.3, -0.25) is 9.59 Å². The molecule has 0 aromatic rings. The summed E-state index contributed by atoms with van der Waals surface area (Å²) in [7, 11) is 0. The summed E-state index contributed by atoms with van der Waals surface area (Å²) in [6.45, 7) is 5.33. The van der Waals surface area contributed by atoms with E-state index in [1.165, 1.54) is 0 Å². The molecule has 1 aliphatic rings. The van der Waals surface area contributed by atoms with Crippen molar-refractivity contribution < 1.29 is 14.3 Å². The summed E-state index contributed by atoms with van der Waals surface area (Å²) in [4.78, 5) is 25.3. The normalized spacial score (nSPS) is 16.2. The highest BCUT2D eigenvalue weighted by atomic mass is 16.5. The van der Waals surface area contributed by atoms with Crippen molar-refractivity contribution in [3.05, 3.63) is 0 Å². The Morgan fingerprint density at radius 3 is 2.65 bits per heavy atom. The topological polar surface area (TPSA) is 84.7 Å². The van der Waals surface area contributed by atoms with Crippen LogP contribution < -0.4 is 11.1 Å². The van der Waals surface area contributed by atoms with Crippen molar-refractivity contribution in [2.45, 2.75) is 45.1 Å². The third-order valence-corrected chi connectivity index (χ3v) is 3.45. The maximum absolute atomic E-state index is 11.9. The summed E-state index contributed by atoms with van der Waals surface area (Å²) < 4.78 is 5.18. The molecule has 116 valence electrons. The maximum atomic E-state index is 11.9. The number of carbonyl (C=O) groups is 2. The van der Waals surface area contributed by atoms with Gasteiger partial charge in [-0.25, -0.2) is 0 Å². The highest BCUT2D eigenvalue weighted by Crippen LogP contribution is 2.10. The largest absolute Gasteiger partial charge is 0.382 e. The van der Waals surface area contributed by atoms with E-state index in [1.54, 1.807) is 0 Å². The third kappa shape index (κ3) is 6.86. The van der Waals surface area contributed by atoms with E-state index in [2.05, 4.69) is 5.32 Å². The van der Waals surface area contributed by atoms with E-state index in [0.29, 0.717) is 19.8 Å². The molecule has 0 radical (unpaired) electrons. The fourth-order valence-electron chi connectivity index (χ4n) is 2.16. The number of ether oxygens (including phenoxy) is 1. The zero-order valence-corrected chi connectivity index (χ0v) is 12.4. The molecule has 6 heteroatoms. The van der Waals surface area contributed by atoms with E-state index in [1.807, 2.05) is 11.8 Å². The van der Waals surface area contributed by atoms with Crippen LogP contribution in [0.2, 0.25) is 0 Å². The van der Waals surface area contributed by atoms with Gasteiger partial charge in [0.1, 0.15) is 0 Å². The van der Waals surface area contributed by atoms with Gasteiger partial charge < -0.3 is 20.7 Å². The van der Waals surface area contributed by atoms with Gasteiger partial charge >= 0.3 is 0 Å². The number of piperidine rings is 1. The number of hydrogen-bond donors (Lipinski definition) is 2. The van der Waals surface area contributed by atoms with Crippen molar-refractivity contribution in [1.82, 2.24) is 10.2 Å². The van der Waals surface area contributed by atoms with Crippen molar-refractivity contribution in [2.24, 2.45) is 5.73 Å². The average Bonchev–Trinajstić information content (AvgIpc) is 2.45. The van der Waals surface area contributed by atoms with Crippen molar-refractivity contribution >= 4 is 11.8 Å². The lowest BCUT2D eigenvalue weighted by molar-refractivity contribution is -0.134. The predicted octanol–water partition coefficient (Wildman–Crippen LogP) is 0.259. The number of nitrogens with one attached hydrogen (secondary N) is 1. The Bertz CT molecular complexity index is 302. The third-order valence-electron chi connectivity index (χ3n) is 3.45. The molecular formula is C14H27N3O3. The molecule has 0 aromatic heterocycles. The summed E-state index contributed by atoms with van der Waals surface area (Å²) in [6.07, 6.45) is 3.06. The van der Waals surface area contributed by atoms with Crippen LogP contribution in [0.25, 0.3) is 0 Å². The number of nitrogens with zero attached hydrogens (tertiary/aromatic N) is 1. The molecule has 1 heterocycles. The van der Waals surface area contributed by atoms with E-state index in [4.69, 9.17) is 10.5 Å². The van der Waals surface area contributed by atoms with Crippen molar-refractivity contribution in [2.75, 3.05) is 32.8 Å². The predicted molar refractivity (Wildman–Crippen MR) is 77.1 cm³/mol. The highest BCUT2D eigenvalue weighted by molar-refractivity contribution is 5.83. The van der Waals surface area contributed by atoms with Gasteiger partial charge in [-0.2, -0.15) is 0 Å². The molecule has 0 atom stereocenters. The van der Waals surface area contributed by atoms with Crippen LogP contribution in [0.4, 0.5) is 0 Å². The first kappa shape index (κ1) is 16.9. The summed E-state index contributed by atoms with van der Waals surface area (Å²) in [5, 5.41) is 2.80. The minimum atomic E-state index is -0.0661. The molecule has 20 heavy (non-hydrogen) atoms. The second-order valence-electron chi connectivity index (χ2n) is 5.12. The Balaban J connectivity index is 2.06. The van der Waals surface area contributed by atoms with Gasteiger partial charge in [-0.05, 0) is 26.2 Å². The van der Waals surface area contributed by atoms with Gasteiger partial charge in [0.2, 0.25) is 11.8 Å².